The highest BCUT2D eigenvalue weighted by atomic mass is 16.4. The van der Waals surface area contributed by atoms with Crippen molar-refractivity contribution < 1.29 is 4.42 Å². The van der Waals surface area contributed by atoms with Gasteiger partial charge in [0, 0.05) is 18.8 Å². The number of nitrogen functional groups attached to an aromatic ring is 1. The molecule has 0 saturated carbocycles. The minimum absolute atomic E-state index is 0.425. The molecule has 0 aliphatic heterocycles. The lowest BCUT2D eigenvalue weighted by atomic mass is 10.2. The maximum atomic E-state index is 11.2. The number of H-pyrrole nitrogens is 1. The fourth-order valence-electron chi connectivity index (χ4n) is 2.19. The van der Waals surface area contributed by atoms with Crippen molar-refractivity contribution in [3.8, 4) is 6.07 Å². The van der Waals surface area contributed by atoms with Crippen LogP contribution in [0.25, 0.3) is 11.1 Å². The lowest BCUT2D eigenvalue weighted by Crippen LogP contribution is -2.11. The molecule has 0 fully saturated rings. The fraction of sp³-hybridized carbons (Fsp3) is 0.0667. The van der Waals surface area contributed by atoms with Crippen LogP contribution in [-0.4, -0.2) is 12.0 Å². The van der Waals surface area contributed by atoms with Crippen LogP contribution in [0, 0.1) is 11.3 Å². The van der Waals surface area contributed by atoms with Gasteiger partial charge >= 0.3 is 5.76 Å². The predicted octanol–water partition coefficient (Wildman–Crippen LogP) is 2.34. The third kappa shape index (κ3) is 2.21. The van der Waals surface area contributed by atoms with Gasteiger partial charge < -0.3 is 15.1 Å². The van der Waals surface area contributed by atoms with Gasteiger partial charge in [-0.2, -0.15) is 5.26 Å². The van der Waals surface area contributed by atoms with Gasteiger partial charge in [0.05, 0.1) is 28.5 Å². The van der Waals surface area contributed by atoms with Crippen molar-refractivity contribution in [1.29, 1.82) is 5.26 Å². The predicted molar refractivity (Wildman–Crippen MR) is 80.5 cm³/mol. The molecule has 0 atom stereocenters. The lowest BCUT2D eigenvalue weighted by molar-refractivity contribution is 0.555. The summed E-state index contributed by atoms with van der Waals surface area (Å²) in [6.45, 7) is 0. The number of nitrogens with two attached hydrogens (primary N) is 1. The van der Waals surface area contributed by atoms with Crippen molar-refractivity contribution in [2.75, 3.05) is 17.7 Å². The lowest BCUT2D eigenvalue weighted by Gasteiger charge is -2.21. The van der Waals surface area contributed by atoms with Crippen LogP contribution >= 0.6 is 0 Å². The van der Waals surface area contributed by atoms with Gasteiger partial charge in [-0.15, -0.1) is 0 Å². The smallest absolute Gasteiger partial charge is 0.408 e. The number of benzene rings is 2. The molecule has 3 N–H and O–H groups in total. The van der Waals surface area contributed by atoms with Crippen molar-refractivity contribution in [3.05, 3.63) is 52.5 Å². The summed E-state index contributed by atoms with van der Waals surface area (Å²) in [5, 5.41) is 8.82. The van der Waals surface area contributed by atoms with Gasteiger partial charge in [-0.25, -0.2) is 4.79 Å². The van der Waals surface area contributed by atoms with Crippen LogP contribution in [0.15, 0.2) is 45.6 Å². The van der Waals surface area contributed by atoms with Crippen LogP contribution in [-0.2, 0) is 0 Å². The number of fused-ring (bicyclic) bond motifs is 1. The van der Waals surface area contributed by atoms with Crippen molar-refractivity contribution in [3.63, 3.8) is 0 Å². The molecule has 1 heterocycles. The van der Waals surface area contributed by atoms with Gasteiger partial charge in [0.1, 0.15) is 0 Å². The summed E-state index contributed by atoms with van der Waals surface area (Å²) < 4.78 is 4.97. The molecule has 6 heteroatoms. The first-order valence-electron chi connectivity index (χ1n) is 6.25. The molecular formula is C15H12N4O2. The van der Waals surface area contributed by atoms with Crippen LogP contribution in [0.1, 0.15) is 5.56 Å². The molecule has 0 saturated heterocycles. The summed E-state index contributed by atoms with van der Waals surface area (Å²) >= 11 is 0. The van der Waals surface area contributed by atoms with Crippen LogP contribution < -0.4 is 16.4 Å². The monoisotopic (exact) mass is 280 g/mol. The number of nitriles is 1. The van der Waals surface area contributed by atoms with Crippen molar-refractivity contribution in [1.82, 2.24) is 4.98 Å². The first-order valence-corrected chi connectivity index (χ1v) is 6.25. The number of aromatic nitrogens is 1. The maximum absolute atomic E-state index is 11.2. The zero-order valence-corrected chi connectivity index (χ0v) is 11.3. The molecule has 6 nitrogen and oxygen atoms in total. The van der Waals surface area contributed by atoms with Crippen LogP contribution in [0.2, 0.25) is 0 Å². The van der Waals surface area contributed by atoms with Crippen LogP contribution in [0.5, 0.6) is 0 Å². The van der Waals surface area contributed by atoms with Gasteiger partial charge in [0.15, 0.2) is 5.58 Å². The number of nitrogens with one attached hydrogen (secondary N) is 1. The van der Waals surface area contributed by atoms with Crippen LogP contribution in [0.3, 0.4) is 0 Å². The Labute approximate surface area is 120 Å². The maximum Gasteiger partial charge on any atom is 0.417 e. The molecule has 21 heavy (non-hydrogen) atoms. The first kappa shape index (κ1) is 12.8. The molecule has 3 rings (SSSR count). The molecule has 2 aromatic carbocycles. The van der Waals surface area contributed by atoms with E-state index in [1.165, 1.54) is 0 Å². The molecule has 0 radical (unpaired) electrons. The highest BCUT2D eigenvalue weighted by Crippen LogP contribution is 2.32. The summed E-state index contributed by atoms with van der Waals surface area (Å²) in [7, 11) is 1.86. The summed E-state index contributed by atoms with van der Waals surface area (Å²) in [6, 6.07) is 12.6. The van der Waals surface area contributed by atoms with Gasteiger partial charge in [0.2, 0.25) is 0 Å². The molecule has 3 aromatic rings. The zero-order chi connectivity index (χ0) is 15.0. The number of hydrogen-bond acceptors (Lipinski definition) is 5. The van der Waals surface area contributed by atoms with Gasteiger partial charge in [-0.1, -0.05) is 0 Å². The van der Waals surface area contributed by atoms with E-state index in [4.69, 9.17) is 15.4 Å². The van der Waals surface area contributed by atoms with E-state index in [1.54, 1.807) is 24.3 Å². The van der Waals surface area contributed by atoms with Crippen LogP contribution in [0.4, 0.5) is 17.1 Å². The molecule has 0 aliphatic carbocycles. The quantitative estimate of drug-likeness (QED) is 0.702. The Morgan fingerprint density at radius 1 is 1.29 bits per heavy atom. The molecule has 0 spiro atoms. The Balaban J connectivity index is 2.07. The largest absolute Gasteiger partial charge is 0.417 e. The molecule has 0 bridgehead atoms. The Bertz CT molecular complexity index is 900. The minimum atomic E-state index is -0.512. The van der Waals surface area contributed by atoms with Gasteiger partial charge in [0.25, 0.3) is 0 Å². The topological polar surface area (TPSA) is 99.0 Å². The molecular weight excluding hydrogens is 268 g/mol. The second-order valence-corrected chi connectivity index (χ2v) is 4.64. The Morgan fingerprint density at radius 2 is 2.00 bits per heavy atom. The Morgan fingerprint density at radius 3 is 2.67 bits per heavy atom. The molecule has 104 valence electrons. The summed E-state index contributed by atoms with van der Waals surface area (Å²) in [4.78, 5) is 15.7. The normalized spacial score (nSPS) is 10.5. The SMILES string of the molecule is CN(c1ccc(C#N)cc1)c1cc2[nH]c(=O)oc2cc1N. The van der Waals surface area contributed by atoms with Crippen molar-refractivity contribution in [2.45, 2.75) is 0 Å². The average molecular weight is 280 g/mol. The standard InChI is InChI=1S/C15H12N4O2/c1-19(10-4-2-9(8-16)3-5-10)13-7-12-14(6-11(13)17)21-15(20)18-12/h2-7H,17H2,1H3,(H,18,20). The van der Waals surface area contributed by atoms with E-state index in [2.05, 4.69) is 11.1 Å². The molecule has 0 unspecified atom stereocenters. The Kier molecular flexibility index (Phi) is 2.88. The van der Waals surface area contributed by atoms with E-state index in [1.807, 2.05) is 24.1 Å². The number of nitrogens with zero attached hydrogens (tertiary/aromatic N) is 2. The molecule has 0 amide bonds. The number of hydrogen-bond donors (Lipinski definition) is 2. The van der Waals surface area contributed by atoms with Crippen molar-refractivity contribution >= 4 is 28.2 Å². The highest BCUT2D eigenvalue weighted by molar-refractivity contribution is 5.87. The molecule has 0 aliphatic rings. The minimum Gasteiger partial charge on any atom is -0.408 e. The van der Waals surface area contributed by atoms with E-state index < -0.39 is 5.76 Å². The highest BCUT2D eigenvalue weighted by Gasteiger charge is 2.11. The third-order valence-electron chi connectivity index (χ3n) is 3.31. The van der Waals surface area contributed by atoms with Crippen molar-refractivity contribution in [2.24, 2.45) is 0 Å². The number of anilines is 3. The second-order valence-electron chi connectivity index (χ2n) is 4.64. The van der Waals surface area contributed by atoms with E-state index in [0.29, 0.717) is 22.4 Å². The van der Waals surface area contributed by atoms with E-state index >= 15 is 0 Å². The second kappa shape index (κ2) is 4.72. The zero-order valence-electron chi connectivity index (χ0n) is 11.3. The van der Waals surface area contributed by atoms with Gasteiger partial charge in [-0.05, 0) is 30.3 Å². The Hall–Kier alpha value is -3.20. The third-order valence-corrected chi connectivity index (χ3v) is 3.31. The summed E-state index contributed by atoms with van der Waals surface area (Å²) in [5.74, 6) is -0.512. The summed E-state index contributed by atoms with van der Waals surface area (Å²) in [5.41, 5.74) is 9.74. The molecule has 1 aromatic heterocycles. The van der Waals surface area contributed by atoms with E-state index in [9.17, 15) is 4.79 Å². The average Bonchev–Trinajstić information content (AvgIpc) is 2.85. The first-order chi connectivity index (χ1) is 10.1. The summed E-state index contributed by atoms with van der Waals surface area (Å²) in [6.07, 6.45) is 0. The fourth-order valence-corrected chi connectivity index (χ4v) is 2.19. The number of oxazole rings is 1. The number of rotatable bonds is 2. The van der Waals surface area contributed by atoms with E-state index in [0.717, 1.165) is 11.4 Å². The van der Waals surface area contributed by atoms with Gasteiger partial charge in [-0.3, -0.25) is 4.98 Å². The van der Waals surface area contributed by atoms with E-state index in [-0.39, 0.29) is 0 Å². The number of aromatic amines is 1.